The summed E-state index contributed by atoms with van der Waals surface area (Å²) in [5.74, 6) is 0.320. The van der Waals surface area contributed by atoms with Crippen molar-refractivity contribution in [2.24, 2.45) is 0 Å². The highest BCUT2D eigenvalue weighted by atomic mass is 32.2. The van der Waals surface area contributed by atoms with E-state index in [9.17, 15) is 10.1 Å². The zero-order valence-corrected chi connectivity index (χ0v) is 15.3. The highest BCUT2D eigenvalue weighted by molar-refractivity contribution is 7.99. The molecule has 0 atom stereocenters. The summed E-state index contributed by atoms with van der Waals surface area (Å²) in [6.07, 6.45) is 4.14. The topological polar surface area (TPSA) is 61.9 Å². The Labute approximate surface area is 156 Å². The first-order chi connectivity index (χ1) is 12.7. The third kappa shape index (κ3) is 2.85. The van der Waals surface area contributed by atoms with Crippen molar-refractivity contribution in [1.82, 2.24) is 9.55 Å². The molecule has 0 bridgehead atoms. The van der Waals surface area contributed by atoms with Gasteiger partial charge >= 0.3 is 0 Å². The number of nitriles is 1. The smallest absolute Gasteiger partial charge is 0.237 e. The van der Waals surface area contributed by atoms with Crippen LogP contribution in [-0.4, -0.2) is 27.8 Å². The molecule has 0 aliphatic carbocycles. The standard InChI is InChI=1S/C20H18N4OS/c1-14-6-4-7-15-8-5-11-23(19(14)15)18(25)12-26-20-22-16-9-2-3-10-17(16)24(20)13-21/h2-4,6-7,9-10H,5,8,11-12H2,1H3. The largest absolute Gasteiger partial charge is 0.311 e. The number of aryl methyl sites for hydroxylation is 2. The van der Waals surface area contributed by atoms with Crippen LogP contribution < -0.4 is 4.90 Å². The van der Waals surface area contributed by atoms with Crippen LogP contribution in [0.15, 0.2) is 47.6 Å². The van der Waals surface area contributed by atoms with E-state index < -0.39 is 0 Å². The van der Waals surface area contributed by atoms with Crippen LogP contribution in [0.4, 0.5) is 5.69 Å². The zero-order valence-electron chi connectivity index (χ0n) is 14.5. The van der Waals surface area contributed by atoms with Gasteiger partial charge < -0.3 is 4.90 Å². The lowest BCUT2D eigenvalue weighted by atomic mass is 9.98. The maximum absolute atomic E-state index is 12.9. The van der Waals surface area contributed by atoms with Crippen molar-refractivity contribution in [3.8, 4) is 6.19 Å². The van der Waals surface area contributed by atoms with Crippen molar-refractivity contribution in [3.63, 3.8) is 0 Å². The number of thioether (sulfide) groups is 1. The molecule has 1 aliphatic rings. The van der Waals surface area contributed by atoms with Crippen LogP contribution in [0.3, 0.4) is 0 Å². The molecule has 5 nitrogen and oxygen atoms in total. The van der Waals surface area contributed by atoms with Crippen LogP contribution in [0.2, 0.25) is 0 Å². The number of hydrogen-bond donors (Lipinski definition) is 0. The molecular formula is C20H18N4OS. The van der Waals surface area contributed by atoms with Gasteiger partial charge in [0.25, 0.3) is 0 Å². The predicted octanol–water partition coefficient (Wildman–Crippen LogP) is 3.75. The van der Waals surface area contributed by atoms with Gasteiger partial charge in [0.15, 0.2) is 11.3 Å². The number of anilines is 1. The SMILES string of the molecule is Cc1cccc2c1N(C(=O)CSc1nc3ccccc3n1C#N)CCC2. The summed E-state index contributed by atoms with van der Waals surface area (Å²) in [6, 6.07) is 13.7. The van der Waals surface area contributed by atoms with E-state index in [-0.39, 0.29) is 11.7 Å². The number of para-hydroxylation sites is 3. The molecule has 3 aromatic rings. The summed E-state index contributed by atoms with van der Waals surface area (Å²) < 4.78 is 1.49. The first kappa shape index (κ1) is 16.7. The van der Waals surface area contributed by atoms with Gasteiger partial charge in [-0.2, -0.15) is 5.26 Å². The van der Waals surface area contributed by atoms with Gasteiger partial charge in [-0.05, 0) is 43.0 Å². The van der Waals surface area contributed by atoms with E-state index >= 15 is 0 Å². The molecule has 1 aliphatic heterocycles. The average Bonchev–Trinajstić information content (AvgIpc) is 3.03. The van der Waals surface area contributed by atoms with Gasteiger partial charge in [-0.25, -0.2) is 9.55 Å². The minimum atomic E-state index is 0.0572. The minimum absolute atomic E-state index is 0.0572. The number of fused-ring (bicyclic) bond motifs is 2. The quantitative estimate of drug-likeness (QED) is 0.666. The number of hydrogen-bond acceptors (Lipinski definition) is 4. The first-order valence-corrected chi connectivity index (χ1v) is 9.57. The lowest BCUT2D eigenvalue weighted by Gasteiger charge is -2.31. The summed E-state index contributed by atoms with van der Waals surface area (Å²) in [7, 11) is 0. The van der Waals surface area contributed by atoms with Crippen molar-refractivity contribution in [3.05, 3.63) is 53.6 Å². The molecule has 4 rings (SSSR count). The fraction of sp³-hybridized carbons (Fsp3) is 0.250. The van der Waals surface area contributed by atoms with Crippen LogP contribution in [0.25, 0.3) is 11.0 Å². The molecule has 6 heteroatoms. The average molecular weight is 362 g/mol. The van der Waals surface area contributed by atoms with Crippen molar-refractivity contribution in [2.75, 3.05) is 17.2 Å². The number of benzene rings is 2. The second kappa shape index (κ2) is 6.85. The van der Waals surface area contributed by atoms with E-state index in [1.165, 1.54) is 21.9 Å². The summed E-state index contributed by atoms with van der Waals surface area (Å²) in [5.41, 5.74) is 4.95. The molecule has 0 spiro atoms. The van der Waals surface area contributed by atoms with Gasteiger partial charge in [0.05, 0.1) is 16.8 Å². The molecule has 130 valence electrons. The highest BCUT2D eigenvalue weighted by Crippen LogP contribution is 2.31. The number of rotatable bonds is 3. The molecule has 0 saturated heterocycles. The summed E-state index contributed by atoms with van der Waals surface area (Å²) in [4.78, 5) is 19.3. The van der Waals surface area contributed by atoms with Crippen molar-refractivity contribution < 1.29 is 4.79 Å². The second-order valence-corrected chi connectivity index (χ2v) is 7.28. The number of imidazole rings is 1. The molecule has 0 N–H and O–H groups in total. The molecule has 1 amide bonds. The Balaban J connectivity index is 1.57. The van der Waals surface area contributed by atoms with Gasteiger partial charge in [0.1, 0.15) is 0 Å². The summed E-state index contributed by atoms with van der Waals surface area (Å²) in [6.45, 7) is 2.79. The van der Waals surface area contributed by atoms with Gasteiger partial charge in [0, 0.05) is 12.2 Å². The van der Waals surface area contributed by atoms with Gasteiger partial charge in [-0.15, -0.1) is 0 Å². The Morgan fingerprint density at radius 1 is 1.27 bits per heavy atom. The highest BCUT2D eigenvalue weighted by Gasteiger charge is 2.24. The van der Waals surface area contributed by atoms with Crippen LogP contribution >= 0.6 is 11.8 Å². The Kier molecular flexibility index (Phi) is 4.39. The third-order valence-corrected chi connectivity index (χ3v) is 5.60. The van der Waals surface area contributed by atoms with Crippen LogP contribution in [0, 0.1) is 18.4 Å². The van der Waals surface area contributed by atoms with E-state index in [1.54, 1.807) is 0 Å². The second-order valence-electron chi connectivity index (χ2n) is 6.34. The third-order valence-electron chi connectivity index (χ3n) is 4.67. The van der Waals surface area contributed by atoms with Crippen molar-refractivity contribution in [1.29, 1.82) is 5.26 Å². The van der Waals surface area contributed by atoms with Crippen LogP contribution in [0.5, 0.6) is 0 Å². The Morgan fingerprint density at radius 2 is 2.12 bits per heavy atom. The van der Waals surface area contributed by atoms with Gasteiger partial charge in [-0.3, -0.25) is 4.79 Å². The minimum Gasteiger partial charge on any atom is -0.311 e. The van der Waals surface area contributed by atoms with Gasteiger partial charge in [-0.1, -0.05) is 42.1 Å². The number of amides is 1. The van der Waals surface area contributed by atoms with E-state index in [2.05, 4.69) is 17.2 Å². The maximum Gasteiger partial charge on any atom is 0.237 e. The number of aromatic nitrogens is 2. The van der Waals surface area contributed by atoms with E-state index in [0.29, 0.717) is 5.16 Å². The van der Waals surface area contributed by atoms with Crippen LogP contribution in [0.1, 0.15) is 17.5 Å². The Hall–Kier alpha value is -2.78. The van der Waals surface area contributed by atoms with Gasteiger partial charge in [0.2, 0.25) is 5.91 Å². The van der Waals surface area contributed by atoms with Crippen molar-refractivity contribution in [2.45, 2.75) is 24.9 Å². The molecule has 0 unspecified atom stereocenters. The molecule has 0 radical (unpaired) electrons. The number of carbonyl (C=O) groups excluding carboxylic acids is 1. The summed E-state index contributed by atoms with van der Waals surface area (Å²) >= 11 is 1.32. The van der Waals surface area contributed by atoms with E-state index in [1.807, 2.05) is 48.2 Å². The summed E-state index contributed by atoms with van der Waals surface area (Å²) in [5, 5.41) is 10.0. The Bertz CT molecular complexity index is 1030. The van der Waals surface area contributed by atoms with Crippen molar-refractivity contribution >= 4 is 34.4 Å². The lowest BCUT2D eigenvalue weighted by molar-refractivity contribution is -0.116. The molecule has 0 saturated carbocycles. The first-order valence-electron chi connectivity index (χ1n) is 8.58. The zero-order chi connectivity index (χ0) is 18.1. The maximum atomic E-state index is 12.9. The fourth-order valence-corrected chi connectivity index (χ4v) is 4.34. The molecule has 26 heavy (non-hydrogen) atoms. The molecule has 2 aromatic carbocycles. The predicted molar refractivity (Wildman–Crippen MR) is 103 cm³/mol. The molecule has 1 aromatic heterocycles. The van der Waals surface area contributed by atoms with E-state index in [0.717, 1.165) is 41.7 Å². The molecule has 2 heterocycles. The molecule has 0 fully saturated rings. The monoisotopic (exact) mass is 362 g/mol. The van der Waals surface area contributed by atoms with E-state index in [4.69, 9.17) is 0 Å². The lowest BCUT2D eigenvalue weighted by Crippen LogP contribution is -2.37. The number of nitrogens with zero attached hydrogens (tertiary/aromatic N) is 4. The fourth-order valence-electron chi connectivity index (χ4n) is 3.50. The Morgan fingerprint density at radius 3 is 2.96 bits per heavy atom. The normalized spacial score (nSPS) is 13.5. The molecular weight excluding hydrogens is 344 g/mol. The van der Waals surface area contributed by atoms with Crippen LogP contribution in [-0.2, 0) is 11.2 Å². The number of carbonyl (C=O) groups is 1.